The maximum atomic E-state index is 12.0. The highest BCUT2D eigenvalue weighted by Gasteiger charge is 2.14. The number of nitrogens with zero attached hydrogens (tertiary/aromatic N) is 1. The summed E-state index contributed by atoms with van der Waals surface area (Å²) in [6, 6.07) is 1.13. The zero-order valence-corrected chi connectivity index (χ0v) is 8.48. The summed E-state index contributed by atoms with van der Waals surface area (Å²) in [5.41, 5.74) is 0.127. The lowest BCUT2D eigenvalue weighted by atomic mass is 10.2. The van der Waals surface area contributed by atoms with Crippen LogP contribution in [0.4, 0.5) is 14.6 Å². The number of alkyl halides is 2. The average Bonchev–Trinajstić information content (AvgIpc) is 2.15. The molecule has 1 heterocycles. The molecule has 1 aromatic heterocycles. The summed E-state index contributed by atoms with van der Waals surface area (Å²) >= 11 is 5.59. The summed E-state index contributed by atoms with van der Waals surface area (Å²) in [6.07, 6.45) is 0.868. The Morgan fingerprint density at radius 3 is 2.80 bits per heavy atom. The van der Waals surface area contributed by atoms with Crippen molar-refractivity contribution in [2.24, 2.45) is 0 Å². The molecule has 1 rings (SSSR count). The van der Waals surface area contributed by atoms with E-state index in [0.717, 1.165) is 12.3 Å². The first-order valence-electron chi connectivity index (χ1n) is 3.92. The molecule has 2 N–H and O–H groups in total. The second-order valence-corrected chi connectivity index (χ2v) is 2.87. The van der Waals surface area contributed by atoms with Crippen LogP contribution in [0.25, 0.3) is 0 Å². The highest BCUT2D eigenvalue weighted by Crippen LogP contribution is 2.27. The Labute approximate surface area is 89.7 Å². The molecule has 7 heteroatoms. The van der Waals surface area contributed by atoms with Crippen molar-refractivity contribution in [3.05, 3.63) is 16.8 Å². The lowest BCUT2D eigenvalue weighted by molar-refractivity contribution is -0.0499. The standard InChI is InChI=1S/C8H8ClF2N3O/c1-13-7-4(3-12)5(15-8(10)11)2-6(9)14-7/h2-3,8,12H,1H3,(H,13,14). The summed E-state index contributed by atoms with van der Waals surface area (Å²) in [7, 11) is 1.54. The lowest BCUT2D eigenvalue weighted by Crippen LogP contribution is -2.07. The van der Waals surface area contributed by atoms with E-state index in [4.69, 9.17) is 17.0 Å². The molecule has 0 aliphatic carbocycles. The maximum Gasteiger partial charge on any atom is 0.387 e. The van der Waals surface area contributed by atoms with Crippen LogP contribution in [0.1, 0.15) is 5.56 Å². The maximum absolute atomic E-state index is 12.0. The number of rotatable bonds is 4. The predicted molar refractivity (Wildman–Crippen MR) is 53.3 cm³/mol. The largest absolute Gasteiger partial charge is 0.434 e. The minimum Gasteiger partial charge on any atom is -0.434 e. The van der Waals surface area contributed by atoms with E-state index in [-0.39, 0.29) is 22.3 Å². The topological polar surface area (TPSA) is 58.0 Å². The van der Waals surface area contributed by atoms with E-state index in [1.54, 1.807) is 0 Å². The van der Waals surface area contributed by atoms with Crippen LogP contribution in [-0.4, -0.2) is 24.9 Å². The van der Waals surface area contributed by atoms with E-state index in [0.29, 0.717) is 0 Å². The summed E-state index contributed by atoms with van der Waals surface area (Å²) in [6.45, 7) is -2.97. The Bertz CT molecular complexity index is 373. The van der Waals surface area contributed by atoms with Gasteiger partial charge in [0, 0.05) is 19.3 Å². The fourth-order valence-electron chi connectivity index (χ4n) is 1.03. The molecule has 82 valence electrons. The van der Waals surface area contributed by atoms with Gasteiger partial charge in [-0.3, -0.25) is 0 Å². The highest BCUT2D eigenvalue weighted by atomic mass is 35.5. The van der Waals surface area contributed by atoms with Crippen molar-refractivity contribution >= 4 is 23.6 Å². The second kappa shape index (κ2) is 4.88. The number of aromatic nitrogens is 1. The third kappa shape index (κ3) is 2.76. The van der Waals surface area contributed by atoms with Crippen molar-refractivity contribution in [2.45, 2.75) is 6.61 Å². The molecule has 0 radical (unpaired) electrons. The minimum absolute atomic E-state index is 0.0144. The van der Waals surface area contributed by atoms with Crippen LogP contribution >= 0.6 is 11.6 Å². The number of anilines is 1. The van der Waals surface area contributed by atoms with E-state index in [2.05, 4.69) is 15.0 Å². The molecule has 4 nitrogen and oxygen atoms in total. The number of nitrogens with one attached hydrogen (secondary N) is 2. The van der Waals surface area contributed by atoms with E-state index in [1.165, 1.54) is 7.05 Å². The molecule has 0 bridgehead atoms. The molecule has 0 atom stereocenters. The molecule has 0 saturated heterocycles. The van der Waals surface area contributed by atoms with Gasteiger partial charge in [0.05, 0.1) is 5.56 Å². The number of halogens is 3. The molecule has 15 heavy (non-hydrogen) atoms. The van der Waals surface area contributed by atoms with Gasteiger partial charge in [0.25, 0.3) is 0 Å². The predicted octanol–water partition coefficient (Wildman–Crippen LogP) is 2.38. The molecule has 0 unspecified atom stereocenters. The van der Waals surface area contributed by atoms with Crippen LogP contribution in [-0.2, 0) is 0 Å². The molecular weight excluding hydrogens is 228 g/mol. The van der Waals surface area contributed by atoms with Crippen LogP contribution in [0, 0.1) is 5.41 Å². The van der Waals surface area contributed by atoms with Gasteiger partial charge in [0.1, 0.15) is 16.7 Å². The van der Waals surface area contributed by atoms with E-state index < -0.39 is 6.61 Å². The number of pyridine rings is 1. The Kier molecular flexibility index (Phi) is 3.79. The Morgan fingerprint density at radius 2 is 2.33 bits per heavy atom. The first kappa shape index (κ1) is 11.6. The molecular formula is C8H8ClF2N3O. The summed E-state index contributed by atoms with van der Waals surface area (Å²) in [4.78, 5) is 3.81. The van der Waals surface area contributed by atoms with Gasteiger partial charge in [-0.05, 0) is 0 Å². The normalized spacial score (nSPS) is 10.2. The highest BCUT2D eigenvalue weighted by molar-refractivity contribution is 6.29. The minimum atomic E-state index is -2.97. The summed E-state index contributed by atoms with van der Waals surface area (Å²) in [5.74, 6) is 0.0394. The van der Waals surface area contributed by atoms with E-state index >= 15 is 0 Å². The molecule has 0 aliphatic heterocycles. The van der Waals surface area contributed by atoms with Crippen molar-refractivity contribution in [1.29, 1.82) is 5.41 Å². The molecule has 0 amide bonds. The quantitative estimate of drug-likeness (QED) is 0.622. The first-order valence-corrected chi connectivity index (χ1v) is 4.30. The van der Waals surface area contributed by atoms with Crippen LogP contribution in [0.15, 0.2) is 6.07 Å². The molecule has 0 fully saturated rings. The third-order valence-corrected chi connectivity index (χ3v) is 1.78. The second-order valence-electron chi connectivity index (χ2n) is 2.48. The fourth-order valence-corrected chi connectivity index (χ4v) is 1.21. The Hall–Kier alpha value is -1.43. The van der Waals surface area contributed by atoms with Crippen molar-refractivity contribution < 1.29 is 13.5 Å². The Balaban J connectivity index is 3.22. The summed E-state index contributed by atoms with van der Waals surface area (Å²) in [5, 5.41) is 9.71. The molecule has 0 spiro atoms. The van der Waals surface area contributed by atoms with Gasteiger partial charge in [0.2, 0.25) is 0 Å². The van der Waals surface area contributed by atoms with Crippen molar-refractivity contribution in [2.75, 3.05) is 12.4 Å². The monoisotopic (exact) mass is 235 g/mol. The third-order valence-electron chi connectivity index (χ3n) is 1.59. The van der Waals surface area contributed by atoms with Gasteiger partial charge >= 0.3 is 6.61 Å². The Morgan fingerprint density at radius 1 is 1.67 bits per heavy atom. The number of hydrogen-bond donors (Lipinski definition) is 2. The van der Waals surface area contributed by atoms with Gasteiger partial charge in [0.15, 0.2) is 0 Å². The SMILES string of the molecule is CNc1nc(Cl)cc(OC(F)F)c1C=N. The van der Waals surface area contributed by atoms with Crippen molar-refractivity contribution in [3.8, 4) is 5.75 Å². The average molecular weight is 236 g/mol. The fraction of sp³-hybridized carbons (Fsp3) is 0.250. The van der Waals surface area contributed by atoms with Gasteiger partial charge < -0.3 is 15.5 Å². The van der Waals surface area contributed by atoms with E-state index in [1.807, 2.05) is 0 Å². The van der Waals surface area contributed by atoms with Gasteiger partial charge in [-0.25, -0.2) is 4.98 Å². The zero-order valence-electron chi connectivity index (χ0n) is 7.72. The van der Waals surface area contributed by atoms with Gasteiger partial charge in [-0.15, -0.1) is 0 Å². The zero-order chi connectivity index (χ0) is 11.4. The van der Waals surface area contributed by atoms with Crippen LogP contribution in [0.5, 0.6) is 5.75 Å². The summed E-state index contributed by atoms with van der Waals surface area (Å²) < 4.78 is 28.3. The molecule has 0 aliphatic rings. The van der Waals surface area contributed by atoms with Gasteiger partial charge in [-0.2, -0.15) is 8.78 Å². The van der Waals surface area contributed by atoms with Crippen molar-refractivity contribution in [1.82, 2.24) is 4.98 Å². The van der Waals surface area contributed by atoms with Crippen LogP contribution < -0.4 is 10.1 Å². The van der Waals surface area contributed by atoms with Crippen LogP contribution in [0.2, 0.25) is 5.15 Å². The lowest BCUT2D eigenvalue weighted by Gasteiger charge is -2.11. The molecule has 0 aromatic carbocycles. The first-order chi connectivity index (χ1) is 7.08. The number of hydrogen-bond acceptors (Lipinski definition) is 4. The molecule has 1 aromatic rings. The van der Waals surface area contributed by atoms with Crippen molar-refractivity contribution in [3.63, 3.8) is 0 Å². The van der Waals surface area contributed by atoms with Crippen LogP contribution in [0.3, 0.4) is 0 Å². The van der Waals surface area contributed by atoms with E-state index in [9.17, 15) is 8.78 Å². The number of ether oxygens (including phenoxy) is 1. The molecule has 0 saturated carbocycles. The smallest absolute Gasteiger partial charge is 0.387 e. The van der Waals surface area contributed by atoms with Gasteiger partial charge in [-0.1, -0.05) is 11.6 Å².